The summed E-state index contributed by atoms with van der Waals surface area (Å²) in [6, 6.07) is 5.28. The van der Waals surface area contributed by atoms with Gasteiger partial charge in [0.25, 0.3) is 0 Å². The molecule has 2 rings (SSSR count). The SMILES string of the molecule is NCC(Nc1ccc(C(F)(F)F)cc1)C1CCC1. The third-order valence-corrected chi connectivity index (χ3v) is 3.54. The molecule has 1 fully saturated rings. The fourth-order valence-corrected chi connectivity index (χ4v) is 2.18. The Balaban J connectivity index is 2.00. The number of nitrogens with two attached hydrogens (primary N) is 1. The largest absolute Gasteiger partial charge is 0.416 e. The lowest BCUT2D eigenvalue weighted by Gasteiger charge is -2.34. The van der Waals surface area contributed by atoms with Crippen molar-refractivity contribution in [2.24, 2.45) is 11.7 Å². The zero-order chi connectivity index (χ0) is 13.2. The monoisotopic (exact) mass is 258 g/mol. The number of rotatable bonds is 4. The molecule has 100 valence electrons. The second kappa shape index (κ2) is 5.18. The van der Waals surface area contributed by atoms with Crippen LogP contribution in [0.3, 0.4) is 0 Å². The van der Waals surface area contributed by atoms with Crippen molar-refractivity contribution in [2.45, 2.75) is 31.5 Å². The Bertz CT molecular complexity index is 382. The normalized spacial score (nSPS) is 18.2. The van der Waals surface area contributed by atoms with Crippen LogP contribution in [-0.2, 0) is 6.18 Å². The Kier molecular flexibility index (Phi) is 3.80. The van der Waals surface area contributed by atoms with E-state index in [1.807, 2.05) is 0 Å². The van der Waals surface area contributed by atoms with Crippen molar-refractivity contribution in [1.29, 1.82) is 0 Å². The van der Waals surface area contributed by atoms with Crippen LogP contribution < -0.4 is 11.1 Å². The Morgan fingerprint density at radius 3 is 2.22 bits per heavy atom. The summed E-state index contributed by atoms with van der Waals surface area (Å²) in [6.07, 6.45) is -0.763. The first kappa shape index (κ1) is 13.2. The molecule has 1 atom stereocenters. The summed E-state index contributed by atoms with van der Waals surface area (Å²) < 4.78 is 37.2. The lowest BCUT2D eigenvalue weighted by Crippen LogP contribution is -2.39. The number of benzene rings is 1. The highest BCUT2D eigenvalue weighted by atomic mass is 19.4. The highest BCUT2D eigenvalue weighted by molar-refractivity contribution is 5.46. The van der Waals surface area contributed by atoms with Gasteiger partial charge in [0, 0.05) is 18.3 Å². The van der Waals surface area contributed by atoms with Gasteiger partial charge < -0.3 is 11.1 Å². The smallest absolute Gasteiger partial charge is 0.381 e. The molecule has 0 spiro atoms. The van der Waals surface area contributed by atoms with Crippen LogP contribution in [0.5, 0.6) is 0 Å². The molecule has 1 unspecified atom stereocenters. The quantitative estimate of drug-likeness (QED) is 0.870. The van der Waals surface area contributed by atoms with Gasteiger partial charge in [-0.05, 0) is 43.0 Å². The zero-order valence-corrected chi connectivity index (χ0v) is 10.0. The first-order valence-electron chi connectivity index (χ1n) is 6.14. The minimum Gasteiger partial charge on any atom is -0.381 e. The fraction of sp³-hybridized carbons (Fsp3) is 0.538. The van der Waals surface area contributed by atoms with Crippen molar-refractivity contribution in [3.05, 3.63) is 29.8 Å². The second-order valence-electron chi connectivity index (χ2n) is 4.75. The van der Waals surface area contributed by atoms with E-state index in [0.717, 1.165) is 25.0 Å². The summed E-state index contributed by atoms with van der Waals surface area (Å²) in [5.41, 5.74) is 5.76. The first-order valence-corrected chi connectivity index (χ1v) is 6.14. The van der Waals surface area contributed by atoms with Crippen LogP contribution in [-0.4, -0.2) is 12.6 Å². The van der Waals surface area contributed by atoms with E-state index in [9.17, 15) is 13.2 Å². The number of nitrogens with one attached hydrogen (secondary N) is 1. The summed E-state index contributed by atoms with van der Waals surface area (Å²) in [5, 5.41) is 3.22. The molecule has 0 heterocycles. The molecule has 3 N–H and O–H groups in total. The van der Waals surface area contributed by atoms with Crippen molar-refractivity contribution in [3.8, 4) is 0 Å². The minimum absolute atomic E-state index is 0.162. The number of alkyl halides is 3. The van der Waals surface area contributed by atoms with E-state index in [1.54, 1.807) is 0 Å². The topological polar surface area (TPSA) is 38.0 Å². The molecule has 2 nitrogen and oxygen atoms in total. The van der Waals surface area contributed by atoms with Crippen molar-refractivity contribution in [2.75, 3.05) is 11.9 Å². The van der Waals surface area contributed by atoms with Gasteiger partial charge in [0.05, 0.1) is 5.56 Å². The Morgan fingerprint density at radius 1 is 1.22 bits per heavy atom. The van der Waals surface area contributed by atoms with Crippen molar-refractivity contribution in [1.82, 2.24) is 0 Å². The summed E-state index contributed by atoms with van der Waals surface area (Å²) in [5.74, 6) is 0.553. The maximum atomic E-state index is 12.4. The van der Waals surface area contributed by atoms with Gasteiger partial charge in [-0.25, -0.2) is 0 Å². The van der Waals surface area contributed by atoms with E-state index in [-0.39, 0.29) is 6.04 Å². The van der Waals surface area contributed by atoms with Crippen LogP contribution in [0.1, 0.15) is 24.8 Å². The average molecular weight is 258 g/mol. The van der Waals surface area contributed by atoms with Crippen LogP contribution >= 0.6 is 0 Å². The molecule has 1 aromatic carbocycles. The van der Waals surface area contributed by atoms with Crippen molar-refractivity contribution < 1.29 is 13.2 Å². The van der Waals surface area contributed by atoms with Gasteiger partial charge in [0.15, 0.2) is 0 Å². The second-order valence-corrected chi connectivity index (χ2v) is 4.75. The predicted molar refractivity (Wildman–Crippen MR) is 65.3 cm³/mol. The fourth-order valence-electron chi connectivity index (χ4n) is 2.18. The van der Waals surface area contributed by atoms with Crippen molar-refractivity contribution >= 4 is 5.69 Å². The maximum Gasteiger partial charge on any atom is 0.416 e. The van der Waals surface area contributed by atoms with Gasteiger partial charge in [0.1, 0.15) is 0 Å². The third-order valence-electron chi connectivity index (χ3n) is 3.54. The molecular weight excluding hydrogens is 241 g/mol. The number of anilines is 1. The lowest BCUT2D eigenvalue weighted by atomic mass is 9.79. The van der Waals surface area contributed by atoms with Crippen molar-refractivity contribution in [3.63, 3.8) is 0 Å². The van der Waals surface area contributed by atoms with Gasteiger partial charge >= 0.3 is 6.18 Å². The Hall–Kier alpha value is -1.23. The summed E-state index contributed by atoms with van der Waals surface area (Å²) in [4.78, 5) is 0. The molecule has 18 heavy (non-hydrogen) atoms. The zero-order valence-electron chi connectivity index (χ0n) is 10.0. The van der Waals surface area contributed by atoms with Crippen LogP contribution in [0.25, 0.3) is 0 Å². The highest BCUT2D eigenvalue weighted by Crippen LogP contribution is 2.32. The summed E-state index contributed by atoms with van der Waals surface area (Å²) in [7, 11) is 0. The summed E-state index contributed by atoms with van der Waals surface area (Å²) >= 11 is 0. The van der Waals surface area contributed by atoms with Gasteiger partial charge in [0.2, 0.25) is 0 Å². The molecule has 1 aromatic rings. The molecule has 0 saturated heterocycles. The molecule has 0 amide bonds. The Labute approximate surface area is 104 Å². The van der Waals surface area contributed by atoms with Gasteiger partial charge in [-0.3, -0.25) is 0 Å². The molecule has 1 saturated carbocycles. The average Bonchev–Trinajstić information content (AvgIpc) is 2.25. The molecule has 1 aliphatic carbocycles. The van der Waals surface area contributed by atoms with Crippen LogP contribution in [0, 0.1) is 5.92 Å². The highest BCUT2D eigenvalue weighted by Gasteiger charge is 2.30. The predicted octanol–water partition coefficient (Wildman–Crippen LogP) is 3.24. The Morgan fingerprint density at radius 2 is 1.83 bits per heavy atom. The number of hydrogen-bond donors (Lipinski definition) is 2. The molecule has 5 heteroatoms. The molecule has 0 aromatic heterocycles. The van der Waals surface area contributed by atoms with Gasteiger partial charge in [-0.2, -0.15) is 13.2 Å². The van der Waals surface area contributed by atoms with Crippen LogP contribution in [0.15, 0.2) is 24.3 Å². The minimum atomic E-state index is -4.28. The standard InChI is InChI=1S/C13H17F3N2/c14-13(15,16)10-4-6-11(7-5-10)18-12(8-17)9-2-1-3-9/h4-7,9,12,18H,1-3,8,17H2. The van der Waals surface area contributed by atoms with E-state index in [4.69, 9.17) is 5.73 Å². The van der Waals surface area contributed by atoms with Crippen LogP contribution in [0.4, 0.5) is 18.9 Å². The van der Waals surface area contributed by atoms with Crippen LogP contribution in [0.2, 0.25) is 0 Å². The lowest BCUT2D eigenvalue weighted by molar-refractivity contribution is -0.137. The molecular formula is C13H17F3N2. The number of halogens is 3. The summed E-state index contributed by atoms with van der Waals surface area (Å²) in [6.45, 7) is 0.506. The molecule has 0 aliphatic heterocycles. The molecule has 0 radical (unpaired) electrons. The first-order chi connectivity index (χ1) is 8.50. The number of hydrogen-bond acceptors (Lipinski definition) is 2. The molecule has 0 bridgehead atoms. The van der Waals surface area contributed by atoms with E-state index in [0.29, 0.717) is 18.2 Å². The van der Waals surface area contributed by atoms with E-state index in [2.05, 4.69) is 5.32 Å². The van der Waals surface area contributed by atoms with E-state index in [1.165, 1.54) is 18.6 Å². The maximum absolute atomic E-state index is 12.4. The van der Waals surface area contributed by atoms with Gasteiger partial charge in [-0.1, -0.05) is 6.42 Å². The van der Waals surface area contributed by atoms with Gasteiger partial charge in [-0.15, -0.1) is 0 Å². The van der Waals surface area contributed by atoms with E-state index >= 15 is 0 Å². The van der Waals surface area contributed by atoms with E-state index < -0.39 is 11.7 Å². The molecule has 1 aliphatic rings. The third kappa shape index (κ3) is 2.96.